The highest BCUT2D eigenvalue weighted by Crippen LogP contribution is 2.37. The number of rotatable bonds is 3. The Bertz CT molecular complexity index is 723. The summed E-state index contributed by atoms with van der Waals surface area (Å²) < 4.78 is 30.3. The predicted octanol–water partition coefficient (Wildman–Crippen LogP) is 4.42. The summed E-state index contributed by atoms with van der Waals surface area (Å²) in [7, 11) is 0. The van der Waals surface area contributed by atoms with E-state index >= 15 is 0 Å². The molecule has 1 aromatic carbocycles. The van der Waals surface area contributed by atoms with Gasteiger partial charge in [0.2, 0.25) is 0 Å². The number of nitrogens with one attached hydrogen (secondary N) is 1. The molecule has 0 unspecified atom stereocenters. The number of hydrogen-bond acceptors (Lipinski definition) is 1. The number of aromatic nitrogens is 1. The minimum Gasteiger partial charge on any atom is -0.339 e. The summed E-state index contributed by atoms with van der Waals surface area (Å²) in [5.74, 6) is -2.04. The predicted molar refractivity (Wildman–Crippen MR) is 79.5 cm³/mol. The standard InChI is InChI=1S/C15H13BrF2N2O/c1-8-2-5-11(17)14(13(8)18)19-15(21)12-6-9(16)7-20(12)10-3-4-10/h2,5-7,10H,3-4H2,1H3,(H,19,21). The zero-order chi connectivity index (χ0) is 15.1. The average Bonchev–Trinajstić information content (AvgIpc) is 3.21. The summed E-state index contributed by atoms with van der Waals surface area (Å²) in [5, 5.41) is 2.34. The molecule has 1 heterocycles. The van der Waals surface area contributed by atoms with Gasteiger partial charge in [-0.25, -0.2) is 8.78 Å². The fraction of sp³-hybridized carbons (Fsp3) is 0.267. The molecule has 0 atom stereocenters. The van der Waals surface area contributed by atoms with Crippen molar-refractivity contribution in [2.45, 2.75) is 25.8 Å². The van der Waals surface area contributed by atoms with Crippen molar-refractivity contribution in [1.82, 2.24) is 4.57 Å². The lowest BCUT2D eigenvalue weighted by Gasteiger charge is -2.11. The van der Waals surface area contributed by atoms with Crippen LogP contribution < -0.4 is 5.32 Å². The van der Waals surface area contributed by atoms with Crippen LogP contribution in [-0.4, -0.2) is 10.5 Å². The molecule has 0 saturated heterocycles. The number of carbonyl (C=O) groups is 1. The van der Waals surface area contributed by atoms with E-state index in [1.54, 1.807) is 6.07 Å². The van der Waals surface area contributed by atoms with Gasteiger partial charge in [-0.2, -0.15) is 0 Å². The monoisotopic (exact) mass is 354 g/mol. The lowest BCUT2D eigenvalue weighted by atomic mass is 10.2. The maximum Gasteiger partial charge on any atom is 0.272 e. The summed E-state index contributed by atoms with van der Waals surface area (Å²) in [6.07, 6.45) is 3.83. The van der Waals surface area contributed by atoms with Crippen molar-refractivity contribution in [2.75, 3.05) is 5.32 Å². The third kappa shape index (κ3) is 2.72. The Morgan fingerprint density at radius 1 is 1.38 bits per heavy atom. The van der Waals surface area contributed by atoms with Gasteiger partial charge in [0.05, 0.1) is 0 Å². The Morgan fingerprint density at radius 2 is 2.10 bits per heavy atom. The minimum atomic E-state index is -0.782. The van der Waals surface area contributed by atoms with Crippen molar-refractivity contribution in [2.24, 2.45) is 0 Å². The van der Waals surface area contributed by atoms with E-state index in [1.165, 1.54) is 13.0 Å². The zero-order valence-electron chi connectivity index (χ0n) is 11.3. The van der Waals surface area contributed by atoms with Crippen LogP contribution in [0, 0.1) is 18.6 Å². The Hall–Kier alpha value is -1.69. The Kier molecular flexibility index (Phi) is 3.57. The van der Waals surface area contributed by atoms with E-state index < -0.39 is 23.2 Å². The van der Waals surface area contributed by atoms with E-state index in [9.17, 15) is 13.6 Å². The van der Waals surface area contributed by atoms with Crippen LogP contribution in [0.25, 0.3) is 0 Å². The van der Waals surface area contributed by atoms with Crippen molar-refractivity contribution >= 4 is 27.5 Å². The quantitative estimate of drug-likeness (QED) is 0.869. The molecule has 1 aliphatic rings. The van der Waals surface area contributed by atoms with Crippen molar-refractivity contribution in [3.63, 3.8) is 0 Å². The average molecular weight is 355 g/mol. The maximum atomic E-state index is 13.9. The van der Waals surface area contributed by atoms with Crippen LogP contribution in [0.4, 0.5) is 14.5 Å². The summed E-state index contributed by atoms with van der Waals surface area (Å²) in [6, 6.07) is 4.43. The number of amides is 1. The SMILES string of the molecule is Cc1ccc(F)c(NC(=O)c2cc(Br)cn2C2CC2)c1F. The molecule has 3 rings (SSSR count). The first kappa shape index (κ1) is 14.3. The third-order valence-electron chi connectivity index (χ3n) is 3.51. The normalized spacial score (nSPS) is 14.3. The van der Waals surface area contributed by atoms with Gasteiger partial charge in [-0.15, -0.1) is 0 Å². The number of nitrogens with zero attached hydrogens (tertiary/aromatic N) is 1. The molecule has 1 saturated carbocycles. The lowest BCUT2D eigenvalue weighted by molar-refractivity contribution is 0.101. The number of benzene rings is 1. The molecular weight excluding hydrogens is 342 g/mol. The fourth-order valence-electron chi connectivity index (χ4n) is 2.23. The number of hydrogen-bond donors (Lipinski definition) is 1. The molecule has 2 aromatic rings. The van der Waals surface area contributed by atoms with Gasteiger partial charge in [0, 0.05) is 16.7 Å². The number of aryl methyl sites for hydroxylation is 1. The molecule has 1 aliphatic carbocycles. The van der Waals surface area contributed by atoms with E-state index in [0.29, 0.717) is 11.7 Å². The van der Waals surface area contributed by atoms with Gasteiger partial charge in [-0.1, -0.05) is 6.07 Å². The Balaban J connectivity index is 1.92. The van der Waals surface area contributed by atoms with Crippen LogP contribution in [-0.2, 0) is 0 Å². The molecule has 1 N–H and O–H groups in total. The van der Waals surface area contributed by atoms with E-state index in [4.69, 9.17) is 0 Å². The van der Waals surface area contributed by atoms with E-state index in [0.717, 1.165) is 23.4 Å². The first-order valence-electron chi connectivity index (χ1n) is 6.60. The molecule has 21 heavy (non-hydrogen) atoms. The van der Waals surface area contributed by atoms with Gasteiger partial charge in [0.15, 0.2) is 5.82 Å². The smallest absolute Gasteiger partial charge is 0.272 e. The summed E-state index contributed by atoms with van der Waals surface area (Å²) in [5.41, 5.74) is 0.273. The molecule has 1 fully saturated rings. The molecule has 110 valence electrons. The molecule has 6 heteroatoms. The van der Waals surface area contributed by atoms with Gasteiger partial charge in [0.25, 0.3) is 5.91 Å². The molecule has 1 aromatic heterocycles. The van der Waals surface area contributed by atoms with Crippen LogP contribution in [0.1, 0.15) is 34.9 Å². The van der Waals surface area contributed by atoms with Crippen molar-refractivity contribution in [3.8, 4) is 0 Å². The highest BCUT2D eigenvalue weighted by molar-refractivity contribution is 9.10. The van der Waals surface area contributed by atoms with Crippen LogP contribution in [0.2, 0.25) is 0 Å². The van der Waals surface area contributed by atoms with Gasteiger partial charge < -0.3 is 9.88 Å². The first-order chi connectivity index (χ1) is 9.97. The van der Waals surface area contributed by atoms with Gasteiger partial charge in [-0.3, -0.25) is 4.79 Å². The van der Waals surface area contributed by atoms with Gasteiger partial charge in [-0.05, 0) is 53.4 Å². The Morgan fingerprint density at radius 3 is 2.76 bits per heavy atom. The molecule has 0 bridgehead atoms. The lowest BCUT2D eigenvalue weighted by Crippen LogP contribution is -2.18. The molecule has 0 aliphatic heterocycles. The molecule has 0 radical (unpaired) electrons. The number of anilines is 1. The fourth-order valence-corrected chi connectivity index (χ4v) is 2.67. The van der Waals surface area contributed by atoms with Crippen molar-refractivity contribution < 1.29 is 13.6 Å². The second kappa shape index (κ2) is 5.26. The van der Waals surface area contributed by atoms with Crippen LogP contribution in [0.3, 0.4) is 0 Å². The highest BCUT2D eigenvalue weighted by atomic mass is 79.9. The molecule has 1 amide bonds. The van der Waals surface area contributed by atoms with Crippen LogP contribution >= 0.6 is 15.9 Å². The molecular formula is C15H13BrF2N2O. The van der Waals surface area contributed by atoms with Crippen LogP contribution in [0.15, 0.2) is 28.9 Å². The van der Waals surface area contributed by atoms with Gasteiger partial charge in [0.1, 0.15) is 17.2 Å². The van der Waals surface area contributed by atoms with E-state index in [2.05, 4.69) is 21.2 Å². The topological polar surface area (TPSA) is 34.0 Å². The van der Waals surface area contributed by atoms with E-state index in [1.807, 2.05) is 10.8 Å². The first-order valence-corrected chi connectivity index (χ1v) is 7.40. The summed E-state index contributed by atoms with van der Waals surface area (Å²) >= 11 is 3.32. The number of carbonyl (C=O) groups excluding carboxylic acids is 1. The Labute approximate surface area is 129 Å². The van der Waals surface area contributed by atoms with Crippen LogP contribution in [0.5, 0.6) is 0 Å². The second-order valence-electron chi connectivity index (χ2n) is 5.19. The maximum absolute atomic E-state index is 13.9. The highest BCUT2D eigenvalue weighted by Gasteiger charge is 2.28. The minimum absolute atomic E-state index is 0.283. The molecule has 0 spiro atoms. The zero-order valence-corrected chi connectivity index (χ0v) is 12.9. The van der Waals surface area contributed by atoms with Crippen molar-refractivity contribution in [3.05, 3.63) is 51.8 Å². The summed E-state index contributed by atoms with van der Waals surface area (Å²) in [6.45, 7) is 1.52. The molecule has 3 nitrogen and oxygen atoms in total. The third-order valence-corrected chi connectivity index (χ3v) is 3.94. The largest absolute Gasteiger partial charge is 0.339 e. The van der Waals surface area contributed by atoms with E-state index in [-0.39, 0.29) is 5.56 Å². The number of halogens is 3. The second-order valence-corrected chi connectivity index (χ2v) is 6.11. The summed E-state index contributed by atoms with van der Waals surface area (Å²) in [4.78, 5) is 12.3. The van der Waals surface area contributed by atoms with Crippen molar-refractivity contribution in [1.29, 1.82) is 0 Å². The van der Waals surface area contributed by atoms with Gasteiger partial charge >= 0.3 is 0 Å².